The summed E-state index contributed by atoms with van der Waals surface area (Å²) in [4.78, 5) is 0. The summed E-state index contributed by atoms with van der Waals surface area (Å²) in [5.41, 5.74) is 3.20. The van der Waals surface area contributed by atoms with E-state index in [0.29, 0.717) is 0 Å². The van der Waals surface area contributed by atoms with E-state index >= 15 is 0 Å². The smallest absolute Gasteiger partial charge is 0.156 e. The minimum atomic E-state index is -0.277. The number of nitrogens with one attached hydrogen (secondary N) is 1. The van der Waals surface area contributed by atoms with E-state index in [1.807, 2.05) is 12.1 Å². The summed E-state index contributed by atoms with van der Waals surface area (Å²) < 4.78 is 17.8. The predicted octanol–water partition coefficient (Wildman–Crippen LogP) is 3.69. The lowest BCUT2D eigenvalue weighted by molar-refractivity contribution is 0.0459. The summed E-state index contributed by atoms with van der Waals surface area (Å²) in [5, 5.41) is 3.50. The molecule has 1 fully saturated rings. The van der Waals surface area contributed by atoms with Crippen LogP contribution in [0.2, 0.25) is 0 Å². The van der Waals surface area contributed by atoms with Crippen molar-refractivity contribution in [1.82, 2.24) is 0 Å². The quantitative estimate of drug-likeness (QED) is 0.813. The maximum absolute atomic E-state index is 6.32. The third-order valence-electron chi connectivity index (χ3n) is 5.44. The first-order valence-corrected chi connectivity index (χ1v) is 8.43. The fourth-order valence-electron chi connectivity index (χ4n) is 4.58. The van der Waals surface area contributed by atoms with Crippen LogP contribution < -0.4 is 14.8 Å². The molecule has 3 aliphatic heterocycles. The van der Waals surface area contributed by atoms with Gasteiger partial charge in [0.1, 0.15) is 23.2 Å². The van der Waals surface area contributed by atoms with Gasteiger partial charge in [0.2, 0.25) is 0 Å². The van der Waals surface area contributed by atoms with E-state index in [0.717, 1.165) is 23.6 Å². The minimum Gasteiger partial charge on any atom is -0.497 e. The van der Waals surface area contributed by atoms with Crippen LogP contribution in [0, 0.1) is 0 Å². The van der Waals surface area contributed by atoms with Gasteiger partial charge in [0.25, 0.3) is 0 Å². The number of methoxy groups -OCH3 is 1. The number of hydrogen-bond acceptors (Lipinski definition) is 4. The monoisotopic (exact) mass is 323 g/mol. The molecule has 4 heteroatoms. The van der Waals surface area contributed by atoms with Gasteiger partial charge in [-0.3, -0.25) is 0 Å². The lowest BCUT2D eigenvalue weighted by atomic mass is 9.63. The molecule has 0 aromatic heterocycles. The summed E-state index contributed by atoms with van der Waals surface area (Å²) in [6.07, 6.45) is 1.12. The van der Waals surface area contributed by atoms with E-state index in [1.165, 1.54) is 11.1 Å². The van der Waals surface area contributed by atoms with Crippen LogP contribution in [0.25, 0.3) is 0 Å². The highest BCUT2D eigenvalue weighted by Crippen LogP contribution is 2.60. The lowest BCUT2D eigenvalue weighted by Gasteiger charge is -2.47. The third kappa shape index (κ3) is 1.77. The highest BCUT2D eigenvalue weighted by atomic mass is 16.6. The van der Waals surface area contributed by atoms with Crippen molar-refractivity contribution in [2.24, 2.45) is 0 Å². The van der Waals surface area contributed by atoms with Gasteiger partial charge in [0.15, 0.2) is 6.23 Å². The summed E-state index contributed by atoms with van der Waals surface area (Å²) in [7, 11) is 1.69. The highest BCUT2D eigenvalue weighted by Gasteiger charge is 2.64. The molecule has 124 valence electrons. The molecule has 1 N–H and O–H groups in total. The molecule has 0 saturated carbocycles. The fraction of sp³-hybridized carbons (Fsp3) is 0.400. The van der Waals surface area contributed by atoms with Gasteiger partial charge in [-0.25, -0.2) is 0 Å². The van der Waals surface area contributed by atoms with Crippen molar-refractivity contribution in [3.8, 4) is 11.5 Å². The fourth-order valence-corrected chi connectivity index (χ4v) is 4.58. The van der Waals surface area contributed by atoms with Crippen LogP contribution in [-0.2, 0) is 10.2 Å². The van der Waals surface area contributed by atoms with Gasteiger partial charge in [0, 0.05) is 23.7 Å². The first kappa shape index (κ1) is 14.2. The Morgan fingerprint density at radius 1 is 1.12 bits per heavy atom. The SMILES string of the molecule is COc1ccc2c(c1)OC(C)(C)CC21c2ccccc2NC2OC21. The van der Waals surface area contributed by atoms with Crippen LogP contribution in [0.1, 0.15) is 31.4 Å². The number of fused-ring (bicyclic) bond motifs is 6. The average Bonchev–Trinajstić information content (AvgIpc) is 3.33. The highest BCUT2D eigenvalue weighted by molar-refractivity contribution is 5.67. The zero-order valence-electron chi connectivity index (χ0n) is 14.1. The van der Waals surface area contributed by atoms with Gasteiger partial charge in [-0.15, -0.1) is 0 Å². The normalized spacial score (nSPS) is 31.1. The molecule has 3 atom stereocenters. The van der Waals surface area contributed by atoms with E-state index in [4.69, 9.17) is 14.2 Å². The second kappa shape index (κ2) is 4.45. The van der Waals surface area contributed by atoms with Gasteiger partial charge in [-0.05, 0) is 31.5 Å². The van der Waals surface area contributed by atoms with Crippen LogP contribution in [0.4, 0.5) is 5.69 Å². The van der Waals surface area contributed by atoms with Crippen molar-refractivity contribution in [1.29, 1.82) is 0 Å². The van der Waals surface area contributed by atoms with Crippen LogP contribution in [0.5, 0.6) is 11.5 Å². The van der Waals surface area contributed by atoms with Gasteiger partial charge >= 0.3 is 0 Å². The second-order valence-corrected chi connectivity index (χ2v) is 7.54. The molecule has 3 unspecified atom stereocenters. The van der Waals surface area contributed by atoms with Crippen LogP contribution >= 0.6 is 0 Å². The molecule has 0 radical (unpaired) electrons. The Kier molecular flexibility index (Phi) is 2.63. The van der Waals surface area contributed by atoms with E-state index in [2.05, 4.69) is 49.5 Å². The standard InChI is InChI=1S/C20H21NO3/c1-19(2)11-20(14-9-8-12(22-3)10-16(14)24-19)13-6-4-5-7-15(13)21-18-17(20)23-18/h4-10,17-18,21H,11H2,1-3H3. The number of hydrogen-bond donors (Lipinski definition) is 1. The first-order chi connectivity index (χ1) is 11.5. The molecule has 4 nitrogen and oxygen atoms in total. The van der Waals surface area contributed by atoms with Gasteiger partial charge < -0.3 is 19.5 Å². The average molecular weight is 323 g/mol. The molecule has 0 aliphatic carbocycles. The number of para-hydroxylation sites is 1. The van der Waals surface area contributed by atoms with Gasteiger partial charge in [-0.2, -0.15) is 0 Å². The molecule has 3 aliphatic rings. The number of rotatable bonds is 1. The van der Waals surface area contributed by atoms with E-state index < -0.39 is 0 Å². The van der Waals surface area contributed by atoms with Gasteiger partial charge in [0.05, 0.1) is 12.5 Å². The molecule has 1 saturated heterocycles. The summed E-state index contributed by atoms with van der Waals surface area (Å²) >= 11 is 0. The second-order valence-electron chi connectivity index (χ2n) is 7.54. The van der Waals surface area contributed by atoms with Crippen molar-refractivity contribution < 1.29 is 14.2 Å². The first-order valence-electron chi connectivity index (χ1n) is 8.43. The Balaban J connectivity index is 1.80. The number of epoxide rings is 1. The summed E-state index contributed by atoms with van der Waals surface area (Å²) in [6.45, 7) is 4.30. The maximum atomic E-state index is 6.32. The van der Waals surface area contributed by atoms with Crippen LogP contribution in [0.15, 0.2) is 42.5 Å². The van der Waals surface area contributed by atoms with Crippen molar-refractivity contribution >= 4 is 5.69 Å². The Morgan fingerprint density at radius 2 is 1.96 bits per heavy atom. The van der Waals surface area contributed by atoms with Crippen molar-refractivity contribution in [2.75, 3.05) is 12.4 Å². The molecular formula is C20H21NO3. The predicted molar refractivity (Wildman–Crippen MR) is 91.8 cm³/mol. The maximum Gasteiger partial charge on any atom is 0.156 e. The largest absolute Gasteiger partial charge is 0.497 e. The zero-order valence-corrected chi connectivity index (χ0v) is 14.1. The Morgan fingerprint density at radius 3 is 2.79 bits per heavy atom. The summed E-state index contributed by atoms with van der Waals surface area (Å²) in [5.74, 6) is 1.72. The van der Waals surface area contributed by atoms with E-state index in [-0.39, 0.29) is 23.3 Å². The molecule has 2 aromatic carbocycles. The lowest BCUT2D eigenvalue weighted by Crippen LogP contribution is -2.50. The van der Waals surface area contributed by atoms with Crippen LogP contribution in [0.3, 0.4) is 0 Å². The molecular weight excluding hydrogens is 302 g/mol. The van der Waals surface area contributed by atoms with Crippen molar-refractivity contribution in [2.45, 2.75) is 43.6 Å². The molecule has 24 heavy (non-hydrogen) atoms. The van der Waals surface area contributed by atoms with Gasteiger partial charge in [-0.1, -0.05) is 24.3 Å². The molecule has 0 amide bonds. The molecule has 0 bridgehead atoms. The molecule has 3 heterocycles. The topological polar surface area (TPSA) is 43.0 Å². The van der Waals surface area contributed by atoms with Crippen molar-refractivity contribution in [3.63, 3.8) is 0 Å². The number of anilines is 1. The zero-order chi connectivity index (χ0) is 16.5. The third-order valence-corrected chi connectivity index (χ3v) is 5.44. The summed E-state index contributed by atoms with van der Waals surface area (Å²) in [6, 6.07) is 14.7. The van der Waals surface area contributed by atoms with E-state index in [9.17, 15) is 0 Å². The van der Waals surface area contributed by atoms with Crippen LogP contribution in [-0.4, -0.2) is 25.0 Å². The number of ether oxygens (including phenoxy) is 3. The number of benzene rings is 2. The Labute approximate surface area is 141 Å². The molecule has 2 aromatic rings. The minimum absolute atomic E-state index is 0.0868. The Hall–Kier alpha value is -2.20. The van der Waals surface area contributed by atoms with E-state index in [1.54, 1.807) is 7.11 Å². The van der Waals surface area contributed by atoms with Crippen molar-refractivity contribution in [3.05, 3.63) is 53.6 Å². The molecule has 1 spiro atoms. The Bertz CT molecular complexity index is 831. The molecule has 5 rings (SSSR count).